The minimum atomic E-state index is -0.0747. The van der Waals surface area contributed by atoms with Crippen LogP contribution in [0.4, 0.5) is 5.82 Å². The molecule has 0 bridgehead atoms. The summed E-state index contributed by atoms with van der Waals surface area (Å²) in [6.07, 6.45) is 0.347. The van der Waals surface area contributed by atoms with Crippen LogP contribution in [0.3, 0.4) is 0 Å². The fourth-order valence-corrected chi connectivity index (χ4v) is 2.49. The number of amides is 1. The third kappa shape index (κ3) is 7.49. The number of aryl methyl sites for hydroxylation is 1. The lowest BCUT2D eigenvalue weighted by Crippen LogP contribution is -2.44. The number of morpholine rings is 1. The van der Waals surface area contributed by atoms with Crippen LogP contribution in [-0.4, -0.2) is 74.7 Å². The smallest absolute Gasteiger partial charge is 0.227 e. The third-order valence-corrected chi connectivity index (χ3v) is 3.85. The third-order valence-electron chi connectivity index (χ3n) is 3.85. The molecule has 0 aliphatic carbocycles. The van der Waals surface area contributed by atoms with Gasteiger partial charge in [0, 0.05) is 51.9 Å². The summed E-state index contributed by atoms with van der Waals surface area (Å²) in [4.78, 5) is 22.7. The van der Waals surface area contributed by atoms with E-state index in [9.17, 15) is 4.79 Å². The van der Waals surface area contributed by atoms with Crippen molar-refractivity contribution in [1.82, 2.24) is 20.5 Å². The molecule has 2 heterocycles. The second-order valence-electron chi connectivity index (χ2n) is 5.84. The first-order chi connectivity index (χ1) is 12.2. The zero-order chi connectivity index (χ0) is 17.9. The summed E-state index contributed by atoms with van der Waals surface area (Å²) >= 11 is 0. The molecule has 2 rings (SSSR count). The minimum Gasteiger partial charge on any atom is -0.379 e. The number of pyridine rings is 1. The lowest BCUT2D eigenvalue weighted by Gasteiger charge is -2.26. The van der Waals surface area contributed by atoms with Gasteiger partial charge in [-0.05, 0) is 19.1 Å². The van der Waals surface area contributed by atoms with Crippen LogP contribution in [0.1, 0.15) is 12.1 Å². The van der Waals surface area contributed by atoms with E-state index in [1.807, 2.05) is 19.1 Å². The van der Waals surface area contributed by atoms with E-state index in [0.717, 1.165) is 45.1 Å². The Morgan fingerprint density at radius 1 is 1.28 bits per heavy atom. The Hall–Kier alpha value is -2.19. The van der Waals surface area contributed by atoms with Crippen molar-refractivity contribution in [2.75, 3.05) is 58.3 Å². The van der Waals surface area contributed by atoms with Gasteiger partial charge in [0.2, 0.25) is 5.91 Å². The molecule has 8 heteroatoms. The van der Waals surface area contributed by atoms with Gasteiger partial charge in [0.25, 0.3) is 0 Å². The molecular weight excluding hydrogens is 320 g/mol. The number of anilines is 1. The van der Waals surface area contributed by atoms with Gasteiger partial charge in [0.15, 0.2) is 5.96 Å². The Labute approximate surface area is 149 Å². The van der Waals surface area contributed by atoms with E-state index in [0.29, 0.717) is 24.7 Å². The number of carbonyl (C=O) groups excluding carboxylic acids is 1. The molecule has 3 N–H and O–H groups in total. The molecule has 1 fully saturated rings. The van der Waals surface area contributed by atoms with Gasteiger partial charge in [-0.1, -0.05) is 6.07 Å². The van der Waals surface area contributed by atoms with Gasteiger partial charge in [-0.25, -0.2) is 4.98 Å². The Balaban J connectivity index is 1.60. The maximum absolute atomic E-state index is 11.9. The second-order valence-corrected chi connectivity index (χ2v) is 5.84. The maximum Gasteiger partial charge on any atom is 0.227 e. The van der Waals surface area contributed by atoms with Crippen molar-refractivity contribution < 1.29 is 9.53 Å². The molecule has 1 aliphatic heterocycles. The zero-order valence-electron chi connectivity index (χ0n) is 15.0. The topological polar surface area (TPSA) is 90.9 Å². The Morgan fingerprint density at radius 3 is 2.76 bits per heavy atom. The first kappa shape index (κ1) is 19.1. The summed E-state index contributed by atoms with van der Waals surface area (Å²) in [7, 11) is 1.72. The van der Waals surface area contributed by atoms with Crippen LogP contribution in [0, 0.1) is 6.92 Å². The van der Waals surface area contributed by atoms with E-state index in [1.165, 1.54) is 0 Å². The summed E-state index contributed by atoms with van der Waals surface area (Å²) < 4.78 is 5.33. The van der Waals surface area contributed by atoms with Gasteiger partial charge in [0.05, 0.1) is 13.2 Å². The molecule has 1 aliphatic rings. The van der Waals surface area contributed by atoms with Crippen molar-refractivity contribution in [3.8, 4) is 0 Å². The van der Waals surface area contributed by atoms with Gasteiger partial charge >= 0.3 is 0 Å². The fourth-order valence-electron chi connectivity index (χ4n) is 2.49. The second kappa shape index (κ2) is 10.6. The lowest BCUT2D eigenvalue weighted by atomic mass is 10.3. The molecule has 1 amide bonds. The van der Waals surface area contributed by atoms with E-state index < -0.39 is 0 Å². The highest BCUT2D eigenvalue weighted by Crippen LogP contribution is 2.03. The summed E-state index contributed by atoms with van der Waals surface area (Å²) in [6, 6.07) is 5.55. The summed E-state index contributed by atoms with van der Waals surface area (Å²) in [5.41, 5.74) is 0.876. The van der Waals surface area contributed by atoms with Gasteiger partial charge < -0.3 is 20.7 Å². The highest BCUT2D eigenvalue weighted by atomic mass is 16.5. The van der Waals surface area contributed by atoms with Crippen molar-refractivity contribution in [2.24, 2.45) is 4.99 Å². The number of hydrogen-bond donors (Lipinski definition) is 3. The van der Waals surface area contributed by atoms with Crippen molar-refractivity contribution in [3.63, 3.8) is 0 Å². The van der Waals surface area contributed by atoms with E-state index in [2.05, 4.69) is 30.8 Å². The first-order valence-electron chi connectivity index (χ1n) is 8.65. The van der Waals surface area contributed by atoms with Crippen LogP contribution < -0.4 is 16.0 Å². The molecule has 0 radical (unpaired) electrons. The van der Waals surface area contributed by atoms with Crippen LogP contribution in [0.5, 0.6) is 0 Å². The van der Waals surface area contributed by atoms with Crippen LogP contribution in [0.2, 0.25) is 0 Å². The average molecular weight is 348 g/mol. The summed E-state index contributed by atoms with van der Waals surface area (Å²) in [5.74, 6) is 1.21. The Morgan fingerprint density at radius 2 is 2.04 bits per heavy atom. The zero-order valence-corrected chi connectivity index (χ0v) is 15.0. The predicted molar refractivity (Wildman–Crippen MR) is 98.8 cm³/mol. The molecule has 1 aromatic rings. The van der Waals surface area contributed by atoms with Crippen LogP contribution >= 0.6 is 0 Å². The van der Waals surface area contributed by atoms with Gasteiger partial charge in [0.1, 0.15) is 5.82 Å². The van der Waals surface area contributed by atoms with E-state index in [-0.39, 0.29) is 5.91 Å². The molecule has 1 aromatic heterocycles. The highest BCUT2D eigenvalue weighted by Gasteiger charge is 2.10. The van der Waals surface area contributed by atoms with Crippen molar-refractivity contribution in [3.05, 3.63) is 23.9 Å². The van der Waals surface area contributed by atoms with Gasteiger partial charge in [-0.2, -0.15) is 0 Å². The quantitative estimate of drug-likeness (QED) is 0.482. The molecule has 1 saturated heterocycles. The number of guanidine groups is 1. The monoisotopic (exact) mass is 348 g/mol. The first-order valence-corrected chi connectivity index (χ1v) is 8.65. The molecule has 0 saturated carbocycles. The normalized spacial score (nSPS) is 15.7. The number of hydrogen-bond acceptors (Lipinski definition) is 5. The van der Waals surface area contributed by atoms with Crippen LogP contribution in [0.25, 0.3) is 0 Å². The van der Waals surface area contributed by atoms with Crippen LogP contribution in [-0.2, 0) is 9.53 Å². The van der Waals surface area contributed by atoms with Crippen molar-refractivity contribution in [2.45, 2.75) is 13.3 Å². The van der Waals surface area contributed by atoms with Gasteiger partial charge in [-0.15, -0.1) is 0 Å². The number of ether oxygens (including phenoxy) is 1. The molecule has 0 spiro atoms. The molecule has 0 aromatic carbocycles. The molecular formula is C17H28N6O2. The fraction of sp³-hybridized carbons (Fsp3) is 0.588. The number of carbonyl (C=O) groups is 1. The van der Waals surface area contributed by atoms with Crippen molar-refractivity contribution in [1.29, 1.82) is 0 Å². The maximum atomic E-state index is 11.9. The minimum absolute atomic E-state index is 0.0747. The largest absolute Gasteiger partial charge is 0.379 e. The van der Waals surface area contributed by atoms with E-state index >= 15 is 0 Å². The molecule has 0 atom stereocenters. The van der Waals surface area contributed by atoms with E-state index in [4.69, 9.17) is 4.74 Å². The number of aliphatic imine (C=N–C) groups is 1. The molecule has 25 heavy (non-hydrogen) atoms. The van der Waals surface area contributed by atoms with Crippen molar-refractivity contribution >= 4 is 17.7 Å². The Kier molecular flexibility index (Phi) is 8.14. The summed E-state index contributed by atoms with van der Waals surface area (Å²) in [6.45, 7) is 7.71. The van der Waals surface area contributed by atoms with Gasteiger partial charge in [-0.3, -0.25) is 14.7 Å². The standard InChI is InChI=1S/C17H28N6O2/c1-14-4-3-5-15(21-14)22-16(24)6-7-19-17(18-2)20-8-9-23-10-12-25-13-11-23/h3-5H,6-13H2,1-2H3,(H2,18,19,20)(H,21,22,24). The molecule has 8 nitrogen and oxygen atoms in total. The summed E-state index contributed by atoms with van der Waals surface area (Å²) in [5, 5.41) is 9.20. The van der Waals surface area contributed by atoms with E-state index in [1.54, 1.807) is 13.1 Å². The molecule has 0 unspecified atom stereocenters. The molecule has 138 valence electrons. The number of rotatable bonds is 7. The van der Waals surface area contributed by atoms with Crippen LogP contribution in [0.15, 0.2) is 23.2 Å². The Bertz CT molecular complexity index is 572. The number of aromatic nitrogens is 1. The number of nitrogens with one attached hydrogen (secondary N) is 3. The predicted octanol–water partition coefficient (Wildman–Crippen LogP) is 0.216. The lowest BCUT2D eigenvalue weighted by molar-refractivity contribution is -0.116. The highest BCUT2D eigenvalue weighted by molar-refractivity contribution is 5.90. The average Bonchev–Trinajstić information content (AvgIpc) is 2.61. The number of nitrogens with zero attached hydrogens (tertiary/aromatic N) is 3. The SMILES string of the molecule is CN=C(NCCC(=O)Nc1cccc(C)n1)NCCN1CCOCC1.